The maximum Gasteiger partial charge on any atom is 0.242 e. The van der Waals surface area contributed by atoms with Crippen molar-refractivity contribution in [2.24, 2.45) is 0 Å². The number of carbonyl (C=O) groups is 1. The number of hydrogen-bond donors (Lipinski definition) is 0. The molecule has 5 heteroatoms. The van der Waals surface area contributed by atoms with Crippen LogP contribution >= 0.6 is 11.6 Å². The van der Waals surface area contributed by atoms with Crippen LogP contribution in [0.25, 0.3) is 10.9 Å². The third kappa shape index (κ3) is 2.98. The fraction of sp³-hybridized carbons (Fsp3) is 0.500. The van der Waals surface area contributed by atoms with Gasteiger partial charge >= 0.3 is 0 Å². The molecular weight excluding hydrogens is 310 g/mol. The van der Waals surface area contributed by atoms with Crippen LogP contribution in [0.4, 0.5) is 0 Å². The van der Waals surface area contributed by atoms with Crippen molar-refractivity contribution in [3.63, 3.8) is 0 Å². The Morgan fingerprint density at radius 1 is 1.17 bits per heavy atom. The molecule has 1 unspecified atom stereocenters. The van der Waals surface area contributed by atoms with E-state index in [1.54, 1.807) is 0 Å². The van der Waals surface area contributed by atoms with E-state index in [9.17, 15) is 4.79 Å². The molecule has 0 radical (unpaired) electrons. The van der Waals surface area contributed by atoms with E-state index in [1.165, 1.54) is 25.9 Å². The van der Waals surface area contributed by atoms with Gasteiger partial charge in [0.15, 0.2) is 0 Å². The lowest BCUT2D eigenvalue weighted by Gasteiger charge is -2.23. The number of fused-ring (bicyclic) bond motifs is 1. The molecule has 0 bridgehead atoms. The topological polar surface area (TPSA) is 28.5 Å². The van der Waals surface area contributed by atoms with Gasteiger partial charge < -0.3 is 9.47 Å². The second-order valence-corrected chi connectivity index (χ2v) is 7.11. The Labute approximate surface area is 141 Å². The number of rotatable bonds is 3. The lowest BCUT2D eigenvalue weighted by molar-refractivity contribution is -0.130. The number of carbonyl (C=O) groups excluding carboxylic acids is 1. The first-order valence-electron chi connectivity index (χ1n) is 8.47. The molecule has 4 nitrogen and oxygen atoms in total. The Bertz CT molecular complexity index is 720. The number of halogens is 1. The number of hydrogen-bond acceptors (Lipinski definition) is 2. The average Bonchev–Trinajstić information content (AvgIpc) is 3.27. The Balaban J connectivity index is 1.44. The molecule has 2 aliphatic heterocycles. The maximum absolute atomic E-state index is 12.7. The van der Waals surface area contributed by atoms with Crippen LogP contribution in [0.2, 0.25) is 5.02 Å². The van der Waals surface area contributed by atoms with E-state index >= 15 is 0 Å². The molecule has 1 atom stereocenters. The van der Waals surface area contributed by atoms with Gasteiger partial charge in [0.2, 0.25) is 5.91 Å². The molecule has 2 aromatic rings. The van der Waals surface area contributed by atoms with Gasteiger partial charge in [-0.05, 0) is 55.9 Å². The fourth-order valence-corrected chi connectivity index (χ4v) is 4.08. The normalized spacial score (nSPS) is 22.3. The van der Waals surface area contributed by atoms with Crippen molar-refractivity contribution in [2.45, 2.75) is 31.8 Å². The van der Waals surface area contributed by atoms with E-state index in [4.69, 9.17) is 11.6 Å². The zero-order valence-corrected chi connectivity index (χ0v) is 14.0. The summed E-state index contributed by atoms with van der Waals surface area (Å²) < 4.78 is 2.01. The SMILES string of the molecule is O=C(Cn1ccc2ccc(Cl)cc21)N1CCC(N2CCCC2)C1. The average molecular weight is 332 g/mol. The minimum Gasteiger partial charge on any atom is -0.340 e. The summed E-state index contributed by atoms with van der Waals surface area (Å²) in [6.07, 6.45) is 5.71. The van der Waals surface area contributed by atoms with Gasteiger partial charge in [-0.1, -0.05) is 17.7 Å². The molecule has 2 aliphatic rings. The molecule has 1 aromatic heterocycles. The first kappa shape index (κ1) is 15.0. The monoisotopic (exact) mass is 331 g/mol. The van der Waals surface area contributed by atoms with Crippen molar-refractivity contribution in [2.75, 3.05) is 26.2 Å². The zero-order chi connectivity index (χ0) is 15.8. The number of amides is 1. The van der Waals surface area contributed by atoms with Gasteiger partial charge in [0.1, 0.15) is 6.54 Å². The number of aromatic nitrogens is 1. The van der Waals surface area contributed by atoms with Crippen molar-refractivity contribution in [1.82, 2.24) is 14.4 Å². The van der Waals surface area contributed by atoms with Crippen molar-refractivity contribution in [3.8, 4) is 0 Å². The van der Waals surface area contributed by atoms with Crippen LogP contribution < -0.4 is 0 Å². The number of nitrogens with zero attached hydrogens (tertiary/aromatic N) is 3. The standard InChI is InChI=1S/C18H22ClN3O/c19-15-4-3-14-5-9-21(17(14)11-15)13-18(23)22-10-6-16(12-22)20-7-1-2-8-20/h3-5,9,11,16H,1-2,6-8,10,12-13H2. The second-order valence-electron chi connectivity index (χ2n) is 6.67. The number of benzene rings is 1. The highest BCUT2D eigenvalue weighted by atomic mass is 35.5. The van der Waals surface area contributed by atoms with Gasteiger partial charge in [0, 0.05) is 35.9 Å². The summed E-state index contributed by atoms with van der Waals surface area (Å²) >= 11 is 6.09. The summed E-state index contributed by atoms with van der Waals surface area (Å²) in [6, 6.07) is 8.42. The highest BCUT2D eigenvalue weighted by Gasteiger charge is 2.31. The van der Waals surface area contributed by atoms with E-state index in [-0.39, 0.29) is 5.91 Å². The molecule has 1 aromatic carbocycles. The van der Waals surface area contributed by atoms with Gasteiger partial charge in [0.25, 0.3) is 0 Å². The molecule has 122 valence electrons. The quantitative estimate of drug-likeness (QED) is 0.865. The summed E-state index contributed by atoms with van der Waals surface area (Å²) in [5.74, 6) is 0.212. The predicted octanol–water partition coefficient (Wildman–Crippen LogP) is 2.99. The van der Waals surface area contributed by atoms with Crippen LogP contribution in [-0.2, 0) is 11.3 Å². The Morgan fingerprint density at radius 3 is 2.83 bits per heavy atom. The molecule has 3 heterocycles. The van der Waals surface area contributed by atoms with Crippen molar-refractivity contribution in [3.05, 3.63) is 35.5 Å². The lowest BCUT2D eigenvalue weighted by atomic mass is 10.2. The van der Waals surface area contributed by atoms with Gasteiger partial charge in [-0.3, -0.25) is 9.69 Å². The minimum atomic E-state index is 0.212. The summed E-state index contributed by atoms with van der Waals surface area (Å²) in [5.41, 5.74) is 1.03. The van der Waals surface area contributed by atoms with E-state index in [0.717, 1.165) is 30.4 Å². The van der Waals surface area contributed by atoms with E-state index in [2.05, 4.69) is 4.90 Å². The van der Waals surface area contributed by atoms with Gasteiger partial charge in [-0.25, -0.2) is 0 Å². The predicted molar refractivity (Wildman–Crippen MR) is 92.7 cm³/mol. The second kappa shape index (κ2) is 6.17. The largest absolute Gasteiger partial charge is 0.340 e. The lowest BCUT2D eigenvalue weighted by Crippen LogP contribution is -2.38. The van der Waals surface area contributed by atoms with Gasteiger partial charge in [-0.2, -0.15) is 0 Å². The molecule has 23 heavy (non-hydrogen) atoms. The molecule has 4 rings (SSSR count). The van der Waals surface area contributed by atoms with Gasteiger partial charge in [-0.15, -0.1) is 0 Å². The molecule has 0 N–H and O–H groups in total. The summed E-state index contributed by atoms with van der Waals surface area (Å²) in [4.78, 5) is 17.2. The first-order chi connectivity index (χ1) is 11.2. The van der Waals surface area contributed by atoms with Gasteiger partial charge in [0.05, 0.1) is 0 Å². The van der Waals surface area contributed by atoms with Crippen molar-refractivity contribution >= 4 is 28.4 Å². The molecule has 2 saturated heterocycles. The van der Waals surface area contributed by atoms with Crippen molar-refractivity contribution < 1.29 is 4.79 Å². The maximum atomic E-state index is 12.7. The Hall–Kier alpha value is -1.52. The van der Waals surface area contributed by atoms with Crippen LogP contribution in [0, 0.1) is 0 Å². The Kier molecular flexibility index (Phi) is 4.04. The summed E-state index contributed by atoms with van der Waals surface area (Å²) in [5, 5.41) is 1.83. The van der Waals surface area contributed by atoms with Crippen LogP contribution in [0.1, 0.15) is 19.3 Å². The number of likely N-dealkylation sites (tertiary alicyclic amines) is 2. The summed E-state index contributed by atoms with van der Waals surface area (Å²) in [6.45, 7) is 4.58. The third-order valence-corrected chi connectivity index (χ3v) is 5.45. The van der Waals surface area contributed by atoms with Crippen LogP contribution in [0.15, 0.2) is 30.5 Å². The highest BCUT2D eigenvalue weighted by Crippen LogP contribution is 2.23. The molecule has 0 aliphatic carbocycles. The van der Waals surface area contributed by atoms with Crippen LogP contribution in [-0.4, -0.2) is 52.5 Å². The first-order valence-corrected chi connectivity index (χ1v) is 8.85. The zero-order valence-electron chi connectivity index (χ0n) is 13.2. The minimum absolute atomic E-state index is 0.212. The molecule has 2 fully saturated rings. The Morgan fingerprint density at radius 2 is 2.00 bits per heavy atom. The van der Waals surface area contributed by atoms with E-state index in [0.29, 0.717) is 17.6 Å². The van der Waals surface area contributed by atoms with E-state index in [1.807, 2.05) is 39.9 Å². The molecule has 0 saturated carbocycles. The summed E-state index contributed by atoms with van der Waals surface area (Å²) in [7, 11) is 0. The highest BCUT2D eigenvalue weighted by molar-refractivity contribution is 6.31. The fourth-order valence-electron chi connectivity index (χ4n) is 3.91. The van der Waals surface area contributed by atoms with Crippen LogP contribution in [0.3, 0.4) is 0 Å². The van der Waals surface area contributed by atoms with Crippen LogP contribution in [0.5, 0.6) is 0 Å². The van der Waals surface area contributed by atoms with E-state index < -0.39 is 0 Å². The molecular formula is C18H22ClN3O. The smallest absolute Gasteiger partial charge is 0.242 e. The third-order valence-electron chi connectivity index (χ3n) is 5.21. The van der Waals surface area contributed by atoms with Crippen molar-refractivity contribution in [1.29, 1.82) is 0 Å². The molecule has 1 amide bonds. The molecule has 0 spiro atoms.